The van der Waals surface area contributed by atoms with Crippen molar-refractivity contribution < 1.29 is 9.53 Å². The first-order valence-corrected chi connectivity index (χ1v) is 11.0. The summed E-state index contributed by atoms with van der Waals surface area (Å²) in [6.45, 7) is 6.69. The Morgan fingerprint density at radius 3 is 1.84 bits per heavy atom. The number of hydrogen-bond acceptors (Lipinski definition) is 2. The SMILES string of the molecule is CC(C)(C)[Si](OC1(O)C=CCCC1)(c1ccccc1)c1ccccc1. The topological polar surface area (TPSA) is 29.5 Å². The van der Waals surface area contributed by atoms with Gasteiger partial charge in [-0.1, -0.05) is 87.5 Å². The Hall–Kier alpha value is -1.68. The van der Waals surface area contributed by atoms with Crippen molar-refractivity contribution in [2.24, 2.45) is 0 Å². The predicted molar refractivity (Wildman–Crippen MR) is 107 cm³/mol. The van der Waals surface area contributed by atoms with Gasteiger partial charge in [-0.15, -0.1) is 0 Å². The highest BCUT2D eigenvalue weighted by molar-refractivity contribution is 6.99. The van der Waals surface area contributed by atoms with E-state index in [4.69, 9.17) is 4.43 Å². The number of benzene rings is 2. The summed E-state index contributed by atoms with van der Waals surface area (Å²) >= 11 is 0. The molecule has 3 rings (SSSR count). The van der Waals surface area contributed by atoms with Crippen LogP contribution >= 0.6 is 0 Å². The molecule has 0 aliphatic heterocycles. The minimum absolute atomic E-state index is 0.128. The summed E-state index contributed by atoms with van der Waals surface area (Å²) in [5, 5.41) is 13.5. The van der Waals surface area contributed by atoms with Gasteiger partial charge < -0.3 is 9.53 Å². The van der Waals surface area contributed by atoms with E-state index in [2.05, 4.69) is 69.3 Å². The second-order valence-corrected chi connectivity index (χ2v) is 12.1. The van der Waals surface area contributed by atoms with E-state index in [9.17, 15) is 5.11 Å². The third-order valence-corrected chi connectivity index (χ3v) is 10.1. The molecule has 1 N–H and O–H groups in total. The van der Waals surface area contributed by atoms with Crippen molar-refractivity contribution in [3.8, 4) is 0 Å². The van der Waals surface area contributed by atoms with Crippen molar-refractivity contribution in [3.63, 3.8) is 0 Å². The second-order valence-electron chi connectivity index (χ2n) is 7.90. The molecule has 1 atom stereocenters. The first kappa shape index (κ1) is 18.1. The Bertz CT molecular complexity index is 679. The van der Waals surface area contributed by atoms with E-state index < -0.39 is 14.1 Å². The van der Waals surface area contributed by atoms with Gasteiger partial charge in [-0.2, -0.15) is 0 Å². The molecule has 2 aromatic rings. The van der Waals surface area contributed by atoms with Gasteiger partial charge in [0.25, 0.3) is 8.32 Å². The lowest BCUT2D eigenvalue weighted by molar-refractivity contribution is -0.111. The van der Waals surface area contributed by atoms with Gasteiger partial charge in [0.2, 0.25) is 0 Å². The highest BCUT2D eigenvalue weighted by atomic mass is 28.4. The highest BCUT2D eigenvalue weighted by Gasteiger charge is 2.53. The summed E-state index contributed by atoms with van der Waals surface area (Å²) < 4.78 is 6.81. The molecule has 1 unspecified atom stereocenters. The minimum atomic E-state index is -2.71. The molecule has 25 heavy (non-hydrogen) atoms. The maximum absolute atomic E-state index is 11.2. The van der Waals surface area contributed by atoms with Crippen LogP contribution in [0.2, 0.25) is 5.04 Å². The minimum Gasteiger partial charge on any atom is -0.377 e. The zero-order chi connectivity index (χ0) is 18.0. The Morgan fingerprint density at radius 1 is 0.920 bits per heavy atom. The summed E-state index contributed by atoms with van der Waals surface area (Å²) in [6.07, 6.45) is 6.50. The van der Waals surface area contributed by atoms with Gasteiger partial charge in [0.15, 0.2) is 5.79 Å². The number of hydrogen-bond donors (Lipinski definition) is 1. The molecule has 0 saturated heterocycles. The van der Waals surface area contributed by atoms with E-state index in [-0.39, 0.29) is 5.04 Å². The van der Waals surface area contributed by atoms with Crippen molar-refractivity contribution >= 4 is 18.7 Å². The molecule has 0 spiro atoms. The monoisotopic (exact) mass is 352 g/mol. The average molecular weight is 353 g/mol. The molecular formula is C22H28O2Si. The number of allylic oxidation sites excluding steroid dienone is 1. The second kappa shape index (κ2) is 6.91. The summed E-state index contributed by atoms with van der Waals surface area (Å²) in [6, 6.07) is 20.9. The Balaban J connectivity index is 2.22. The molecule has 1 aliphatic carbocycles. The van der Waals surface area contributed by atoms with Crippen LogP contribution in [0.4, 0.5) is 0 Å². The zero-order valence-electron chi connectivity index (χ0n) is 15.4. The van der Waals surface area contributed by atoms with E-state index in [0.717, 1.165) is 12.8 Å². The van der Waals surface area contributed by atoms with E-state index in [1.807, 2.05) is 24.3 Å². The third-order valence-electron chi connectivity index (χ3n) is 5.03. The lowest BCUT2D eigenvalue weighted by Crippen LogP contribution is -2.69. The van der Waals surface area contributed by atoms with E-state index >= 15 is 0 Å². The van der Waals surface area contributed by atoms with Crippen molar-refractivity contribution in [2.45, 2.75) is 50.9 Å². The van der Waals surface area contributed by atoms with Crippen molar-refractivity contribution in [2.75, 3.05) is 0 Å². The van der Waals surface area contributed by atoms with Gasteiger partial charge in [-0.05, 0) is 34.3 Å². The fraction of sp³-hybridized carbons (Fsp3) is 0.364. The number of aliphatic hydroxyl groups is 1. The molecule has 0 saturated carbocycles. The van der Waals surface area contributed by atoms with Gasteiger partial charge in [0.1, 0.15) is 0 Å². The van der Waals surface area contributed by atoms with E-state index in [1.165, 1.54) is 10.4 Å². The quantitative estimate of drug-likeness (QED) is 0.512. The van der Waals surface area contributed by atoms with Crippen LogP contribution in [0.25, 0.3) is 0 Å². The van der Waals surface area contributed by atoms with Crippen molar-refractivity contribution in [1.29, 1.82) is 0 Å². The van der Waals surface area contributed by atoms with E-state index in [0.29, 0.717) is 6.42 Å². The van der Waals surface area contributed by atoms with Crippen LogP contribution < -0.4 is 10.4 Å². The van der Waals surface area contributed by atoms with Crippen LogP contribution in [-0.4, -0.2) is 19.2 Å². The molecule has 0 aromatic heterocycles. The first-order chi connectivity index (χ1) is 11.9. The largest absolute Gasteiger partial charge is 0.377 e. The standard InChI is InChI=1S/C22H28O2Si/c1-21(2,3)25(19-13-7-4-8-14-19,20-15-9-5-10-16-20)24-22(23)17-11-6-12-18-22/h4-5,7-11,13-17,23H,6,12,18H2,1-3H3. The summed E-state index contributed by atoms with van der Waals surface area (Å²) in [5.74, 6) is -1.19. The first-order valence-electron chi connectivity index (χ1n) is 9.09. The van der Waals surface area contributed by atoms with Gasteiger partial charge >= 0.3 is 0 Å². The molecule has 2 aromatic carbocycles. The summed E-state index contributed by atoms with van der Waals surface area (Å²) in [7, 11) is -2.71. The Kier molecular flexibility index (Phi) is 5.01. The molecule has 132 valence electrons. The average Bonchev–Trinajstić information content (AvgIpc) is 2.61. The van der Waals surface area contributed by atoms with Crippen molar-refractivity contribution in [1.82, 2.24) is 0 Å². The summed E-state index contributed by atoms with van der Waals surface area (Å²) in [5.41, 5.74) is 0. The molecule has 1 aliphatic rings. The van der Waals surface area contributed by atoms with Crippen LogP contribution in [0.1, 0.15) is 40.0 Å². The molecular weight excluding hydrogens is 324 g/mol. The lowest BCUT2D eigenvalue weighted by atomic mass is 10.0. The molecule has 2 nitrogen and oxygen atoms in total. The molecule has 0 radical (unpaired) electrons. The molecule has 0 amide bonds. The number of rotatable bonds is 4. The van der Waals surface area contributed by atoms with Gasteiger partial charge in [-0.25, -0.2) is 0 Å². The Labute approximate surface area is 152 Å². The predicted octanol–water partition coefficient (Wildman–Crippen LogP) is 3.99. The normalized spacial score (nSPS) is 21.3. The molecule has 3 heteroatoms. The zero-order valence-corrected chi connectivity index (χ0v) is 16.4. The maximum atomic E-state index is 11.2. The molecule has 0 fully saturated rings. The van der Waals surface area contributed by atoms with Crippen LogP contribution in [0.5, 0.6) is 0 Å². The lowest BCUT2D eigenvalue weighted by Gasteiger charge is -2.47. The van der Waals surface area contributed by atoms with Gasteiger partial charge in [0.05, 0.1) is 0 Å². The molecule has 0 bridgehead atoms. The van der Waals surface area contributed by atoms with Crippen LogP contribution in [0.15, 0.2) is 72.8 Å². The highest BCUT2D eigenvalue weighted by Crippen LogP contribution is 2.40. The van der Waals surface area contributed by atoms with Crippen LogP contribution in [0.3, 0.4) is 0 Å². The van der Waals surface area contributed by atoms with Crippen LogP contribution in [0, 0.1) is 0 Å². The van der Waals surface area contributed by atoms with Crippen LogP contribution in [-0.2, 0) is 4.43 Å². The maximum Gasteiger partial charge on any atom is 0.265 e. The van der Waals surface area contributed by atoms with E-state index in [1.54, 1.807) is 0 Å². The smallest absolute Gasteiger partial charge is 0.265 e. The fourth-order valence-electron chi connectivity index (χ4n) is 3.82. The van der Waals surface area contributed by atoms with Gasteiger partial charge in [0, 0.05) is 6.42 Å². The Morgan fingerprint density at radius 2 is 1.44 bits per heavy atom. The van der Waals surface area contributed by atoms with Gasteiger partial charge in [-0.3, -0.25) is 0 Å². The fourth-order valence-corrected chi connectivity index (χ4v) is 8.45. The molecule has 0 heterocycles. The van der Waals surface area contributed by atoms with Crippen molar-refractivity contribution in [3.05, 3.63) is 72.8 Å². The third kappa shape index (κ3) is 3.50. The summed E-state index contributed by atoms with van der Waals surface area (Å²) in [4.78, 5) is 0.